The number of ether oxygens (including phenoxy) is 1. The zero-order chi connectivity index (χ0) is 21.5. The van der Waals surface area contributed by atoms with Gasteiger partial charge in [0.25, 0.3) is 11.5 Å². The molecule has 1 N–H and O–H groups in total. The van der Waals surface area contributed by atoms with E-state index in [0.29, 0.717) is 35.5 Å². The van der Waals surface area contributed by atoms with Crippen LogP contribution in [0.25, 0.3) is 21.7 Å². The van der Waals surface area contributed by atoms with E-state index in [-0.39, 0.29) is 11.5 Å². The number of aromatic nitrogens is 3. The Balaban J connectivity index is 1.39. The highest BCUT2D eigenvalue weighted by Crippen LogP contribution is 2.35. The SMILES string of the molecule is COc1ccc2[nH]cc(C3CCN(C(=O)c4nn(C)c(=O)c5ccccc45)CC3)c2c1. The molecule has 158 valence electrons. The molecular formula is C24H24N4O3. The fourth-order valence-corrected chi connectivity index (χ4v) is 4.59. The number of carbonyl (C=O) groups is 1. The van der Waals surface area contributed by atoms with Gasteiger partial charge in [0, 0.05) is 42.6 Å². The third-order valence-electron chi connectivity index (χ3n) is 6.30. The number of piperidine rings is 1. The molecule has 0 radical (unpaired) electrons. The van der Waals surface area contributed by atoms with Crippen molar-refractivity contribution >= 4 is 27.6 Å². The van der Waals surface area contributed by atoms with E-state index in [1.165, 1.54) is 15.6 Å². The summed E-state index contributed by atoms with van der Waals surface area (Å²) in [7, 11) is 3.26. The van der Waals surface area contributed by atoms with Crippen molar-refractivity contribution in [1.29, 1.82) is 0 Å². The van der Waals surface area contributed by atoms with E-state index < -0.39 is 0 Å². The summed E-state index contributed by atoms with van der Waals surface area (Å²) < 4.78 is 6.64. The molecule has 1 fully saturated rings. The summed E-state index contributed by atoms with van der Waals surface area (Å²) >= 11 is 0. The highest BCUT2D eigenvalue weighted by atomic mass is 16.5. The van der Waals surface area contributed by atoms with Gasteiger partial charge in [-0.3, -0.25) is 9.59 Å². The molecule has 1 aliphatic heterocycles. The second-order valence-corrected chi connectivity index (χ2v) is 8.04. The zero-order valence-electron chi connectivity index (χ0n) is 17.6. The van der Waals surface area contributed by atoms with Gasteiger partial charge in [0.1, 0.15) is 5.75 Å². The van der Waals surface area contributed by atoms with Crippen molar-refractivity contribution in [2.24, 2.45) is 7.05 Å². The number of nitrogens with zero attached hydrogens (tertiary/aromatic N) is 3. The van der Waals surface area contributed by atoms with E-state index in [1.807, 2.05) is 23.1 Å². The largest absolute Gasteiger partial charge is 0.497 e. The smallest absolute Gasteiger partial charge is 0.274 e. The normalized spacial score (nSPS) is 15.0. The second-order valence-electron chi connectivity index (χ2n) is 8.04. The summed E-state index contributed by atoms with van der Waals surface area (Å²) in [6.07, 6.45) is 3.83. The topological polar surface area (TPSA) is 80.2 Å². The highest BCUT2D eigenvalue weighted by Gasteiger charge is 2.28. The fraction of sp³-hybridized carbons (Fsp3) is 0.292. The Kier molecular flexibility index (Phi) is 4.73. The lowest BCUT2D eigenvalue weighted by molar-refractivity contribution is 0.0707. The first-order valence-corrected chi connectivity index (χ1v) is 10.5. The molecule has 0 bridgehead atoms. The van der Waals surface area contributed by atoms with Gasteiger partial charge in [-0.25, -0.2) is 4.68 Å². The molecular weight excluding hydrogens is 392 g/mol. The maximum Gasteiger partial charge on any atom is 0.274 e. The molecule has 0 unspecified atom stereocenters. The van der Waals surface area contributed by atoms with E-state index in [9.17, 15) is 9.59 Å². The number of hydrogen-bond donors (Lipinski definition) is 1. The maximum atomic E-state index is 13.3. The lowest BCUT2D eigenvalue weighted by atomic mass is 9.89. The van der Waals surface area contributed by atoms with Crippen LogP contribution in [0.5, 0.6) is 5.75 Å². The van der Waals surface area contributed by atoms with Gasteiger partial charge in [0.05, 0.1) is 12.5 Å². The van der Waals surface area contributed by atoms with Crippen LogP contribution in [-0.2, 0) is 7.05 Å². The summed E-state index contributed by atoms with van der Waals surface area (Å²) in [5.41, 5.74) is 2.51. The van der Waals surface area contributed by atoms with Gasteiger partial charge in [-0.15, -0.1) is 0 Å². The molecule has 1 amide bonds. The van der Waals surface area contributed by atoms with Crippen molar-refractivity contribution in [3.05, 3.63) is 70.3 Å². The Labute approximate surface area is 179 Å². The third-order valence-corrected chi connectivity index (χ3v) is 6.30. The van der Waals surface area contributed by atoms with E-state index in [0.717, 1.165) is 24.1 Å². The van der Waals surface area contributed by atoms with Gasteiger partial charge in [-0.2, -0.15) is 5.10 Å². The summed E-state index contributed by atoms with van der Waals surface area (Å²) in [4.78, 5) is 30.9. The van der Waals surface area contributed by atoms with Crippen LogP contribution < -0.4 is 10.3 Å². The number of aryl methyl sites for hydroxylation is 1. The third kappa shape index (κ3) is 3.26. The Morgan fingerprint density at radius 1 is 1.10 bits per heavy atom. The van der Waals surface area contributed by atoms with Crippen molar-refractivity contribution in [3.63, 3.8) is 0 Å². The molecule has 0 aliphatic carbocycles. The first kappa shape index (κ1) is 19.4. The number of amides is 1. The first-order valence-electron chi connectivity index (χ1n) is 10.5. The number of fused-ring (bicyclic) bond motifs is 2. The molecule has 3 heterocycles. The summed E-state index contributed by atoms with van der Waals surface area (Å²) in [6, 6.07) is 13.2. The lowest BCUT2D eigenvalue weighted by Crippen LogP contribution is -2.39. The number of nitrogens with one attached hydrogen (secondary N) is 1. The van der Waals surface area contributed by atoms with Crippen molar-refractivity contribution in [2.75, 3.05) is 20.2 Å². The van der Waals surface area contributed by atoms with Crippen LogP contribution in [0.2, 0.25) is 0 Å². The number of H-pyrrole nitrogens is 1. The lowest BCUT2D eigenvalue weighted by Gasteiger charge is -2.32. The van der Waals surface area contributed by atoms with Crippen LogP contribution in [0.15, 0.2) is 53.5 Å². The number of rotatable bonds is 3. The molecule has 7 heteroatoms. The predicted molar refractivity (Wildman–Crippen MR) is 120 cm³/mol. The van der Waals surface area contributed by atoms with Crippen LogP contribution >= 0.6 is 0 Å². The number of aromatic amines is 1. The molecule has 0 spiro atoms. The number of hydrogen-bond acceptors (Lipinski definition) is 4. The molecule has 4 aromatic rings. The van der Waals surface area contributed by atoms with Crippen LogP contribution in [0, 0.1) is 0 Å². The summed E-state index contributed by atoms with van der Waals surface area (Å²) in [5, 5.41) is 6.61. The standard InChI is InChI=1S/C24H24N4O3/c1-27-23(29)18-6-4-3-5-17(18)22(26-27)24(30)28-11-9-15(10-12-28)20-14-25-21-8-7-16(31-2)13-19(20)21/h3-8,13-15,25H,9-12H2,1-2H3. The molecule has 2 aromatic heterocycles. The van der Waals surface area contributed by atoms with Gasteiger partial charge < -0.3 is 14.6 Å². The van der Waals surface area contributed by atoms with Gasteiger partial charge >= 0.3 is 0 Å². The van der Waals surface area contributed by atoms with E-state index in [4.69, 9.17) is 4.74 Å². The molecule has 2 aromatic carbocycles. The zero-order valence-corrected chi connectivity index (χ0v) is 17.6. The molecule has 0 saturated carbocycles. The minimum atomic E-state index is -0.194. The van der Waals surface area contributed by atoms with Crippen LogP contribution in [-0.4, -0.2) is 45.8 Å². The van der Waals surface area contributed by atoms with Crippen molar-refractivity contribution in [1.82, 2.24) is 19.7 Å². The van der Waals surface area contributed by atoms with Crippen LogP contribution in [0.4, 0.5) is 0 Å². The molecule has 1 aliphatic rings. The highest BCUT2D eigenvalue weighted by molar-refractivity contribution is 6.04. The molecule has 31 heavy (non-hydrogen) atoms. The van der Waals surface area contributed by atoms with Gasteiger partial charge in [-0.05, 0) is 48.6 Å². The summed E-state index contributed by atoms with van der Waals surface area (Å²) in [5.74, 6) is 1.09. The number of benzene rings is 2. The minimum Gasteiger partial charge on any atom is -0.497 e. The molecule has 1 saturated heterocycles. The first-order chi connectivity index (χ1) is 15.1. The van der Waals surface area contributed by atoms with E-state index in [1.54, 1.807) is 32.4 Å². The minimum absolute atomic E-state index is 0.120. The fourth-order valence-electron chi connectivity index (χ4n) is 4.59. The monoisotopic (exact) mass is 416 g/mol. The van der Waals surface area contributed by atoms with Crippen LogP contribution in [0.1, 0.15) is 34.8 Å². The van der Waals surface area contributed by atoms with Gasteiger partial charge in [-0.1, -0.05) is 18.2 Å². The summed E-state index contributed by atoms with van der Waals surface area (Å²) in [6.45, 7) is 1.30. The average molecular weight is 416 g/mol. The Morgan fingerprint density at radius 3 is 2.58 bits per heavy atom. The number of likely N-dealkylation sites (tertiary alicyclic amines) is 1. The quantitative estimate of drug-likeness (QED) is 0.555. The Hall–Kier alpha value is -3.61. The van der Waals surface area contributed by atoms with E-state index >= 15 is 0 Å². The second kappa shape index (κ2) is 7.58. The molecule has 5 rings (SSSR count). The maximum absolute atomic E-state index is 13.3. The Bertz CT molecular complexity index is 1350. The molecule has 7 nitrogen and oxygen atoms in total. The van der Waals surface area contributed by atoms with E-state index in [2.05, 4.69) is 22.3 Å². The van der Waals surface area contributed by atoms with Crippen molar-refractivity contribution < 1.29 is 9.53 Å². The Morgan fingerprint density at radius 2 is 1.84 bits per heavy atom. The van der Waals surface area contributed by atoms with Crippen LogP contribution in [0.3, 0.4) is 0 Å². The predicted octanol–water partition coefficient (Wildman–Crippen LogP) is 3.44. The average Bonchev–Trinajstić information content (AvgIpc) is 3.24. The number of carbonyl (C=O) groups excluding carboxylic acids is 1. The van der Waals surface area contributed by atoms with Gasteiger partial charge in [0.15, 0.2) is 5.69 Å². The van der Waals surface area contributed by atoms with Crippen molar-refractivity contribution in [3.8, 4) is 5.75 Å². The van der Waals surface area contributed by atoms with Gasteiger partial charge in [0.2, 0.25) is 0 Å². The molecule has 0 atom stereocenters. The number of methoxy groups -OCH3 is 1. The van der Waals surface area contributed by atoms with Crippen molar-refractivity contribution in [2.45, 2.75) is 18.8 Å².